The molecule has 1 fully saturated rings. The highest BCUT2D eigenvalue weighted by molar-refractivity contribution is 7.91. The predicted octanol–water partition coefficient (Wildman–Crippen LogP) is 1.17. The molecule has 120 valence electrons. The van der Waals surface area contributed by atoms with Gasteiger partial charge in [0.25, 0.3) is 0 Å². The molecule has 6 nitrogen and oxygen atoms in total. The van der Waals surface area contributed by atoms with E-state index in [1.165, 1.54) is 17.0 Å². The minimum Gasteiger partial charge on any atom is -0.481 e. The topological polar surface area (TPSA) is 91.8 Å². The molecule has 0 aromatic heterocycles. The van der Waals surface area contributed by atoms with Crippen LogP contribution in [0.5, 0.6) is 0 Å². The molecule has 22 heavy (non-hydrogen) atoms. The van der Waals surface area contributed by atoms with Crippen LogP contribution in [0.15, 0.2) is 35.2 Å². The normalized spacial score (nSPS) is 18.9. The van der Waals surface area contributed by atoms with Gasteiger partial charge in [-0.15, -0.1) is 0 Å². The standard InChI is InChI=1S/C15H19NO5S/c17-14(16-9-4-5-12(11-16)15(18)19)8-10-22(20,21)13-6-2-1-3-7-13/h1-3,6-7,12H,4-5,8-11H2,(H,18,19)/t12-/m1/s1. The zero-order valence-corrected chi connectivity index (χ0v) is 13.0. The highest BCUT2D eigenvalue weighted by Gasteiger charge is 2.28. The molecule has 0 spiro atoms. The third kappa shape index (κ3) is 4.07. The number of rotatable bonds is 5. The Bertz CT molecular complexity index is 641. The number of piperidine rings is 1. The number of benzene rings is 1. The van der Waals surface area contributed by atoms with Gasteiger partial charge in [-0.25, -0.2) is 8.42 Å². The third-order valence-electron chi connectivity index (χ3n) is 3.81. The zero-order valence-electron chi connectivity index (χ0n) is 12.1. The molecule has 1 saturated heterocycles. The highest BCUT2D eigenvalue weighted by Crippen LogP contribution is 2.18. The summed E-state index contributed by atoms with van der Waals surface area (Å²) in [5, 5.41) is 9.01. The second kappa shape index (κ2) is 6.91. The SMILES string of the molecule is O=C(O)[C@@H]1CCCN(C(=O)CCS(=O)(=O)c2ccccc2)C1. The van der Waals surface area contributed by atoms with E-state index in [9.17, 15) is 18.0 Å². The second-order valence-electron chi connectivity index (χ2n) is 5.40. The van der Waals surface area contributed by atoms with Gasteiger partial charge in [-0.2, -0.15) is 0 Å². The molecule has 1 aromatic carbocycles. The van der Waals surface area contributed by atoms with Gasteiger partial charge >= 0.3 is 5.97 Å². The van der Waals surface area contributed by atoms with Gasteiger partial charge in [0.15, 0.2) is 9.84 Å². The lowest BCUT2D eigenvalue weighted by molar-refractivity contribution is -0.145. The van der Waals surface area contributed by atoms with Crippen molar-refractivity contribution in [2.24, 2.45) is 5.92 Å². The fraction of sp³-hybridized carbons (Fsp3) is 0.467. The van der Waals surface area contributed by atoms with Crippen LogP contribution in [0, 0.1) is 5.92 Å². The maximum Gasteiger partial charge on any atom is 0.308 e. The maximum atomic E-state index is 12.1. The van der Waals surface area contributed by atoms with Crippen molar-refractivity contribution >= 4 is 21.7 Å². The molecule has 1 aliphatic rings. The van der Waals surface area contributed by atoms with Crippen LogP contribution in [-0.4, -0.2) is 49.1 Å². The Balaban J connectivity index is 1.94. The number of likely N-dealkylation sites (tertiary alicyclic amines) is 1. The summed E-state index contributed by atoms with van der Waals surface area (Å²) in [7, 11) is -3.49. The van der Waals surface area contributed by atoms with Crippen molar-refractivity contribution in [1.29, 1.82) is 0 Å². The summed E-state index contributed by atoms with van der Waals surface area (Å²) in [6.45, 7) is 0.660. The molecule has 1 heterocycles. The first-order chi connectivity index (χ1) is 10.4. The molecular weight excluding hydrogens is 306 g/mol. The number of hydrogen-bond donors (Lipinski definition) is 1. The van der Waals surface area contributed by atoms with E-state index in [0.29, 0.717) is 19.4 Å². The minimum absolute atomic E-state index is 0.121. The van der Waals surface area contributed by atoms with Crippen molar-refractivity contribution in [3.05, 3.63) is 30.3 Å². The smallest absolute Gasteiger partial charge is 0.308 e. The zero-order chi connectivity index (χ0) is 16.2. The van der Waals surface area contributed by atoms with E-state index in [0.717, 1.165) is 0 Å². The van der Waals surface area contributed by atoms with E-state index >= 15 is 0 Å². The Morgan fingerprint density at radius 2 is 1.91 bits per heavy atom. The Morgan fingerprint density at radius 1 is 1.23 bits per heavy atom. The lowest BCUT2D eigenvalue weighted by Gasteiger charge is -2.30. The first-order valence-electron chi connectivity index (χ1n) is 7.18. The largest absolute Gasteiger partial charge is 0.481 e. The van der Waals surface area contributed by atoms with Crippen LogP contribution in [0.25, 0.3) is 0 Å². The first kappa shape index (κ1) is 16.5. The van der Waals surface area contributed by atoms with Gasteiger partial charge in [0.05, 0.1) is 16.6 Å². The van der Waals surface area contributed by atoms with Crippen LogP contribution in [0.2, 0.25) is 0 Å². The van der Waals surface area contributed by atoms with Gasteiger partial charge in [-0.3, -0.25) is 9.59 Å². The average Bonchev–Trinajstić information content (AvgIpc) is 2.53. The van der Waals surface area contributed by atoms with Crippen molar-refractivity contribution in [1.82, 2.24) is 4.90 Å². The fourth-order valence-electron chi connectivity index (χ4n) is 2.53. The molecule has 1 aromatic rings. The Labute approximate surface area is 129 Å². The molecule has 1 N–H and O–H groups in total. The molecule has 0 saturated carbocycles. The van der Waals surface area contributed by atoms with Crippen LogP contribution in [0.4, 0.5) is 0 Å². The van der Waals surface area contributed by atoms with Crippen molar-refractivity contribution in [2.75, 3.05) is 18.8 Å². The number of carboxylic acids is 1. The number of carbonyl (C=O) groups excluding carboxylic acids is 1. The summed E-state index contributed by atoms with van der Waals surface area (Å²) in [6.07, 6.45) is 1.07. The molecule has 0 unspecified atom stereocenters. The molecular formula is C15H19NO5S. The van der Waals surface area contributed by atoms with Crippen molar-refractivity contribution in [3.63, 3.8) is 0 Å². The highest BCUT2D eigenvalue weighted by atomic mass is 32.2. The molecule has 2 rings (SSSR count). The van der Waals surface area contributed by atoms with Crippen LogP contribution in [0.3, 0.4) is 0 Å². The van der Waals surface area contributed by atoms with Crippen LogP contribution < -0.4 is 0 Å². The first-order valence-corrected chi connectivity index (χ1v) is 8.84. The summed E-state index contributed by atoms with van der Waals surface area (Å²) in [5.41, 5.74) is 0. The van der Waals surface area contributed by atoms with E-state index in [-0.39, 0.29) is 29.5 Å². The lowest BCUT2D eigenvalue weighted by atomic mass is 9.98. The summed E-state index contributed by atoms with van der Waals surface area (Å²) in [4.78, 5) is 24.8. The quantitative estimate of drug-likeness (QED) is 0.877. The van der Waals surface area contributed by atoms with Crippen molar-refractivity contribution in [3.8, 4) is 0 Å². The van der Waals surface area contributed by atoms with Gasteiger partial charge in [0.1, 0.15) is 0 Å². The number of carbonyl (C=O) groups is 2. The second-order valence-corrected chi connectivity index (χ2v) is 7.51. The van der Waals surface area contributed by atoms with Crippen molar-refractivity contribution < 1.29 is 23.1 Å². The molecule has 0 bridgehead atoms. The summed E-state index contributed by atoms with van der Waals surface area (Å²) >= 11 is 0. The van der Waals surface area contributed by atoms with Gasteiger partial charge < -0.3 is 10.0 Å². The average molecular weight is 325 g/mol. The summed E-state index contributed by atoms with van der Waals surface area (Å²) < 4.78 is 24.3. The number of aliphatic carboxylic acids is 1. The molecule has 0 radical (unpaired) electrons. The number of amides is 1. The van der Waals surface area contributed by atoms with E-state index in [1.807, 2.05) is 0 Å². The monoisotopic (exact) mass is 325 g/mol. The van der Waals surface area contributed by atoms with Crippen LogP contribution >= 0.6 is 0 Å². The van der Waals surface area contributed by atoms with E-state index in [2.05, 4.69) is 0 Å². The van der Waals surface area contributed by atoms with Gasteiger partial charge in [0, 0.05) is 19.5 Å². The lowest BCUT2D eigenvalue weighted by Crippen LogP contribution is -2.42. The molecule has 1 atom stereocenters. The van der Waals surface area contributed by atoms with Gasteiger partial charge in [-0.1, -0.05) is 18.2 Å². The van der Waals surface area contributed by atoms with Crippen LogP contribution in [0.1, 0.15) is 19.3 Å². The molecule has 1 amide bonds. The Kier molecular flexibility index (Phi) is 5.18. The third-order valence-corrected chi connectivity index (χ3v) is 5.54. The van der Waals surface area contributed by atoms with Gasteiger partial charge in [-0.05, 0) is 25.0 Å². The molecule has 0 aliphatic carbocycles. The van der Waals surface area contributed by atoms with E-state index < -0.39 is 21.7 Å². The number of nitrogens with zero attached hydrogens (tertiary/aromatic N) is 1. The van der Waals surface area contributed by atoms with Crippen LogP contribution in [-0.2, 0) is 19.4 Å². The fourth-order valence-corrected chi connectivity index (χ4v) is 3.78. The Morgan fingerprint density at radius 3 is 2.55 bits per heavy atom. The molecule has 7 heteroatoms. The van der Waals surface area contributed by atoms with E-state index in [1.54, 1.807) is 18.2 Å². The number of hydrogen-bond acceptors (Lipinski definition) is 4. The molecule has 1 aliphatic heterocycles. The van der Waals surface area contributed by atoms with Gasteiger partial charge in [0.2, 0.25) is 5.91 Å². The number of sulfone groups is 1. The Hall–Kier alpha value is -1.89. The summed E-state index contributed by atoms with van der Waals surface area (Å²) in [6, 6.07) is 8.00. The summed E-state index contributed by atoms with van der Waals surface area (Å²) in [5.74, 6) is -2.02. The number of carboxylic acid groups (broad SMARTS) is 1. The predicted molar refractivity (Wildman–Crippen MR) is 80.1 cm³/mol. The minimum atomic E-state index is -3.49. The maximum absolute atomic E-state index is 12.1. The van der Waals surface area contributed by atoms with E-state index in [4.69, 9.17) is 5.11 Å². The van der Waals surface area contributed by atoms with Crippen molar-refractivity contribution in [2.45, 2.75) is 24.2 Å².